The van der Waals surface area contributed by atoms with Crippen molar-refractivity contribution in [2.45, 2.75) is 13.5 Å². The van der Waals surface area contributed by atoms with Crippen LogP contribution in [0.3, 0.4) is 0 Å². The van der Waals surface area contributed by atoms with Gasteiger partial charge < -0.3 is 10.4 Å². The summed E-state index contributed by atoms with van der Waals surface area (Å²) < 4.78 is 14.1. The highest BCUT2D eigenvalue weighted by atomic mass is 79.9. The average molecular weight is 310 g/mol. The van der Waals surface area contributed by atoms with Crippen molar-refractivity contribution in [3.63, 3.8) is 0 Å². The van der Waals surface area contributed by atoms with Gasteiger partial charge in [-0.2, -0.15) is 0 Å². The molecule has 0 saturated heterocycles. The molecule has 0 spiro atoms. The molecule has 0 heterocycles. The van der Waals surface area contributed by atoms with Crippen LogP contribution >= 0.6 is 15.9 Å². The Labute approximate surface area is 114 Å². The molecule has 2 nitrogen and oxygen atoms in total. The van der Waals surface area contributed by atoms with Crippen molar-refractivity contribution >= 4 is 21.6 Å². The molecule has 2 rings (SSSR count). The summed E-state index contributed by atoms with van der Waals surface area (Å²) in [6, 6.07) is 10.00. The third-order valence-electron chi connectivity index (χ3n) is 2.55. The van der Waals surface area contributed by atoms with Gasteiger partial charge in [-0.05, 0) is 58.2 Å². The van der Waals surface area contributed by atoms with E-state index in [0.717, 1.165) is 21.8 Å². The molecule has 0 saturated carbocycles. The first kappa shape index (κ1) is 12.9. The van der Waals surface area contributed by atoms with Gasteiger partial charge in [-0.25, -0.2) is 4.39 Å². The predicted molar refractivity (Wildman–Crippen MR) is 74.3 cm³/mol. The molecular formula is C14H13BrFNO. The zero-order valence-electron chi connectivity index (χ0n) is 9.87. The largest absolute Gasteiger partial charge is 0.508 e. The molecule has 2 aromatic rings. The molecule has 0 aliphatic rings. The van der Waals surface area contributed by atoms with Gasteiger partial charge in [0.15, 0.2) is 0 Å². The van der Waals surface area contributed by atoms with E-state index in [2.05, 4.69) is 21.2 Å². The van der Waals surface area contributed by atoms with Crippen molar-refractivity contribution in [1.82, 2.24) is 0 Å². The van der Waals surface area contributed by atoms with Crippen molar-refractivity contribution in [2.24, 2.45) is 0 Å². The molecule has 0 radical (unpaired) electrons. The van der Waals surface area contributed by atoms with E-state index in [1.54, 1.807) is 6.07 Å². The molecule has 0 bridgehead atoms. The summed E-state index contributed by atoms with van der Waals surface area (Å²) >= 11 is 3.45. The van der Waals surface area contributed by atoms with Gasteiger partial charge in [-0.3, -0.25) is 0 Å². The third kappa shape index (κ3) is 3.23. The second-order valence-electron chi connectivity index (χ2n) is 4.15. The van der Waals surface area contributed by atoms with Gasteiger partial charge >= 0.3 is 0 Å². The maximum absolute atomic E-state index is 13.1. The molecule has 0 unspecified atom stereocenters. The fourth-order valence-corrected chi connectivity index (χ4v) is 2.09. The van der Waals surface area contributed by atoms with E-state index in [1.165, 1.54) is 6.07 Å². The van der Waals surface area contributed by atoms with Crippen molar-refractivity contribution in [1.29, 1.82) is 0 Å². The summed E-state index contributed by atoms with van der Waals surface area (Å²) in [5.41, 5.74) is 2.78. The molecule has 0 amide bonds. The first-order valence-corrected chi connectivity index (χ1v) is 6.32. The molecule has 18 heavy (non-hydrogen) atoms. The molecule has 4 heteroatoms. The van der Waals surface area contributed by atoms with Gasteiger partial charge in [0.05, 0.1) is 0 Å². The second kappa shape index (κ2) is 5.40. The van der Waals surface area contributed by atoms with Crippen molar-refractivity contribution in [2.75, 3.05) is 5.32 Å². The lowest BCUT2D eigenvalue weighted by Gasteiger charge is -2.10. The smallest absolute Gasteiger partial charge is 0.127 e. The highest BCUT2D eigenvalue weighted by Crippen LogP contribution is 2.24. The van der Waals surface area contributed by atoms with Crippen LogP contribution in [0, 0.1) is 12.7 Å². The molecule has 0 atom stereocenters. The number of hydrogen-bond donors (Lipinski definition) is 2. The Kier molecular flexibility index (Phi) is 3.87. The molecule has 0 aromatic heterocycles. The maximum Gasteiger partial charge on any atom is 0.127 e. The normalized spacial score (nSPS) is 10.4. The summed E-state index contributed by atoms with van der Waals surface area (Å²) in [6.45, 7) is 2.46. The number of aryl methyl sites for hydroxylation is 1. The Morgan fingerprint density at radius 1 is 1.22 bits per heavy atom. The van der Waals surface area contributed by atoms with E-state index < -0.39 is 5.82 Å². The SMILES string of the molecule is Cc1ccc(Br)c(NCc2cc(O)cc(F)c2)c1. The van der Waals surface area contributed by atoms with Crippen LogP contribution in [0.5, 0.6) is 5.75 Å². The minimum absolute atomic E-state index is 0.0601. The molecular weight excluding hydrogens is 297 g/mol. The highest BCUT2D eigenvalue weighted by molar-refractivity contribution is 9.10. The van der Waals surface area contributed by atoms with Crippen molar-refractivity contribution < 1.29 is 9.50 Å². The minimum Gasteiger partial charge on any atom is -0.508 e. The number of phenols is 1. The summed E-state index contributed by atoms with van der Waals surface area (Å²) in [5, 5.41) is 12.5. The van der Waals surface area contributed by atoms with Crippen LogP contribution < -0.4 is 5.32 Å². The third-order valence-corrected chi connectivity index (χ3v) is 3.24. The number of hydrogen-bond acceptors (Lipinski definition) is 2. The number of benzene rings is 2. The van der Waals surface area contributed by atoms with Gasteiger partial charge in [0, 0.05) is 22.8 Å². The van der Waals surface area contributed by atoms with Crippen LogP contribution in [0.4, 0.5) is 10.1 Å². The number of halogens is 2. The molecule has 94 valence electrons. The molecule has 0 aliphatic heterocycles. The number of anilines is 1. The Hall–Kier alpha value is -1.55. The lowest BCUT2D eigenvalue weighted by Crippen LogP contribution is -2.00. The second-order valence-corrected chi connectivity index (χ2v) is 5.01. The van der Waals surface area contributed by atoms with E-state index in [4.69, 9.17) is 0 Å². The van der Waals surface area contributed by atoms with Gasteiger partial charge in [0.2, 0.25) is 0 Å². The lowest BCUT2D eigenvalue weighted by molar-refractivity contribution is 0.468. The Balaban J connectivity index is 2.13. The van der Waals surface area contributed by atoms with Crippen LogP contribution in [0.15, 0.2) is 40.9 Å². The maximum atomic E-state index is 13.1. The first-order chi connectivity index (χ1) is 8.54. The van der Waals surface area contributed by atoms with Crippen LogP contribution in [0.1, 0.15) is 11.1 Å². The molecule has 2 N–H and O–H groups in total. The molecule has 0 aliphatic carbocycles. The van der Waals surface area contributed by atoms with Gasteiger partial charge in [-0.1, -0.05) is 6.07 Å². The predicted octanol–water partition coefficient (Wildman–Crippen LogP) is 4.21. The quantitative estimate of drug-likeness (QED) is 0.890. The van der Waals surface area contributed by atoms with Gasteiger partial charge in [-0.15, -0.1) is 0 Å². The van der Waals surface area contributed by atoms with E-state index in [-0.39, 0.29) is 5.75 Å². The summed E-state index contributed by atoms with van der Waals surface area (Å²) in [4.78, 5) is 0. The number of nitrogens with one attached hydrogen (secondary N) is 1. The Morgan fingerprint density at radius 3 is 2.72 bits per heavy atom. The fourth-order valence-electron chi connectivity index (χ4n) is 1.71. The van der Waals surface area contributed by atoms with Gasteiger partial charge in [0.1, 0.15) is 11.6 Å². The Bertz CT molecular complexity index is 551. The number of aromatic hydroxyl groups is 1. The Morgan fingerprint density at radius 2 is 2.00 bits per heavy atom. The van der Waals surface area contributed by atoms with Gasteiger partial charge in [0.25, 0.3) is 0 Å². The van der Waals surface area contributed by atoms with Crippen LogP contribution in [-0.4, -0.2) is 5.11 Å². The van der Waals surface area contributed by atoms with Crippen LogP contribution in [0.25, 0.3) is 0 Å². The van der Waals surface area contributed by atoms with Crippen molar-refractivity contribution in [3.05, 3.63) is 57.8 Å². The first-order valence-electron chi connectivity index (χ1n) is 5.53. The number of rotatable bonds is 3. The monoisotopic (exact) mass is 309 g/mol. The van der Waals surface area contributed by atoms with E-state index in [9.17, 15) is 9.50 Å². The lowest BCUT2D eigenvalue weighted by atomic mass is 10.2. The van der Waals surface area contributed by atoms with E-state index >= 15 is 0 Å². The van der Waals surface area contributed by atoms with E-state index in [0.29, 0.717) is 12.1 Å². The molecule has 2 aromatic carbocycles. The summed E-state index contributed by atoms with van der Waals surface area (Å²) in [7, 11) is 0. The van der Waals surface area contributed by atoms with Crippen LogP contribution in [0.2, 0.25) is 0 Å². The summed E-state index contributed by atoms with van der Waals surface area (Å²) in [5.74, 6) is -0.495. The fraction of sp³-hybridized carbons (Fsp3) is 0.143. The topological polar surface area (TPSA) is 32.3 Å². The van der Waals surface area contributed by atoms with Crippen molar-refractivity contribution in [3.8, 4) is 5.75 Å². The zero-order valence-corrected chi connectivity index (χ0v) is 11.5. The van der Waals surface area contributed by atoms with E-state index in [1.807, 2.05) is 25.1 Å². The van der Waals surface area contributed by atoms with Crippen LogP contribution in [-0.2, 0) is 6.54 Å². The minimum atomic E-state index is -0.435. The standard InChI is InChI=1S/C14H13BrFNO/c1-9-2-3-13(15)14(4-9)17-8-10-5-11(16)7-12(18)6-10/h2-7,17-18H,8H2,1H3. The highest BCUT2D eigenvalue weighted by Gasteiger charge is 2.02. The number of phenolic OH excluding ortho intramolecular Hbond substituents is 1. The molecule has 0 fully saturated rings. The average Bonchev–Trinajstić information content (AvgIpc) is 2.29. The zero-order chi connectivity index (χ0) is 13.1. The summed E-state index contributed by atoms with van der Waals surface area (Å²) in [6.07, 6.45) is 0.